The maximum atomic E-state index is 12.4. The van der Waals surface area contributed by atoms with Crippen molar-refractivity contribution < 1.29 is 23.9 Å². The number of fused-ring (bicyclic) bond motifs is 1. The number of nitrogens with one attached hydrogen (secondary N) is 2. The van der Waals surface area contributed by atoms with E-state index in [4.69, 9.17) is 9.52 Å². The summed E-state index contributed by atoms with van der Waals surface area (Å²) in [6, 6.07) is 10.8. The largest absolute Gasteiger partial charge is 0.478 e. The second-order valence-electron chi connectivity index (χ2n) is 6.39. The lowest BCUT2D eigenvalue weighted by Gasteiger charge is -2.05. The molecule has 0 atom stereocenters. The van der Waals surface area contributed by atoms with Crippen molar-refractivity contribution >= 4 is 56.6 Å². The van der Waals surface area contributed by atoms with E-state index in [0.29, 0.717) is 16.7 Å². The summed E-state index contributed by atoms with van der Waals surface area (Å²) in [4.78, 5) is 47.2. The zero-order valence-corrected chi connectivity index (χ0v) is 17.5. The van der Waals surface area contributed by atoms with Gasteiger partial charge in [-0.25, -0.2) is 10.2 Å². The molecule has 0 spiro atoms. The Hall–Kier alpha value is -3.79. The molecule has 3 N–H and O–H groups in total. The molecule has 0 aliphatic carbocycles. The van der Waals surface area contributed by atoms with Crippen molar-refractivity contribution in [2.75, 3.05) is 5.32 Å². The topological polar surface area (TPSA) is 138 Å². The van der Waals surface area contributed by atoms with Gasteiger partial charge in [0.05, 0.1) is 22.7 Å². The molecule has 0 unspecified atom stereocenters. The van der Waals surface area contributed by atoms with Crippen molar-refractivity contribution in [2.24, 2.45) is 5.10 Å². The van der Waals surface area contributed by atoms with E-state index in [9.17, 15) is 19.2 Å². The molecule has 2 amide bonds. The molecule has 1 heterocycles. The predicted molar refractivity (Wildman–Crippen MR) is 117 cm³/mol. The number of hydrazone groups is 1. The molecule has 9 nitrogen and oxygen atoms in total. The number of halogens is 1. The molecule has 10 heteroatoms. The van der Waals surface area contributed by atoms with E-state index in [1.807, 2.05) is 0 Å². The number of hydrogen-bond donors (Lipinski definition) is 3. The number of carboxylic acids is 1. The number of carbonyl (C=O) groups excluding carboxylic acids is 2. The van der Waals surface area contributed by atoms with Gasteiger partial charge in [0.15, 0.2) is 0 Å². The number of rotatable bonds is 7. The van der Waals surface area contributed by atoms with Crippen molar-refractivity contribution in [3.63, 3.8) is 0 Å². The van der Waals surface area contributed by atoms with Crippen molar-refractivity contribution in [2.45, 2.75) is 12.8 Å². The van der Waals surface area contributed by atoms with Gasteiger partial charge in [-0.05, 0) is 36.4 Å². The van der Waals surface area contributed by atoms with Gasteiger partial charge in [-0.3, -0.25) is 14.4 Å². The van der Waals surface area contributed by atoms with Crippen LogP contribution in [0.25, 0.3) is 11.0 Å². The first-order valence-electron chi connectivity index (χ1n) is 8.99. The molecule has 0 radical (unpaired) electrons. The van der Waals surface area contributed by atoms with Crippen LogP contribution >= 0.6 is 15.9 Å². The summed E-state index contributed by atoms with van der Waals surface area (Å²) < 4.78 is 6.11. The van der Waals surface area contributed by atoms with Crippen LogP contribution in [0, 0.1) is 0 Å². The minimum Gasteiger partial charge on any atom is -0.478 e. The summed E-state index contributed by atoms with van der Waals surface area (Å²) in [5.74, 6) is -2.09. The SMILES string of the molecule is O=C(CCC(=O)Nc1cccc(C(=O)O)c1)NN=Cc1coc2ccc(Br)cc2c1=O. The third-order valence-electron chi connectivity index (χ3n) is 4.13. The standard InChI is InChI=1S/C21H16BrN3O6/c22-14-4-5-17-16(9-14)20(28)13(11-31-17)10-23-25-19(27)7-6-18(26)24-15-3-1-2-12(8-15)21(29)30/h1-5,8-11H,6-7H2,(H,24,26)(H,25,27)(H,29,30). The third-order valence-corrected chi connectivity index (χ3v) is 4.62. The average Bonchev–Trinajstić information content (AvgIpc) is 2.74. The number of carbonyl (C=O) groups is 3. The second kappa shape index (κ2) is 9.81. The Morgan fingerprint density at radius 3 is 2.65 bits per heavy atom. The Morgan fingerprint density at radius 2 is 1.87 bits per heavy atom. The molecule has 0 saturated carbocycles. The number of anilines is 1. The summed E-state index contributed by atoms with van der Waals surface area (Å²) in [7, 11) is 0. The molecule has 3 aromatic rings. The van der Waals surface area contributed by atoms with E-state index in [0.717, 1.165) is 4.47 Å². The van der Waals surface area contributed by atoms with Crippen LogP contribution in [0.15, 0.2) is 67.5 Å². The lowest BCUT2D eigenvalue weighted by molar-refractivity contribution is -0.124. The van der Waals surface area contributed by atoms with Crippen LogP contribution < -0.4 is 16.2 Å². The second-order valence-corrected chi connectivity index (χ2v) is 7.30. The number of nitrogens with zero attached hydrogens (tertiary/aromatic N) is 1. The van der Waals surface area contributed by atoms with Gasteiger partial charge in [-0.2, -0.15) is 5.10 Å². The Morgan fingerprint density at radius 1 is 1.10 bits per heavy atom. The summed E-state index contributed by atoms with van der Waals surface area (Å²) in [5.41, 5.74) is 2.88. The van der Waals surface area contributed by atoms with Gasteiger partial charge in [0.2, 0.25) is 17.2 Å². The van der Waals surface area contributed by atoms with Gasteiger partial charge < -0.3 is 14.8 Å². The van der Waals surface area contributed by atoms with Crippen molar-refractivity contribution in [3.8, 4) is 0 Å². The molecule has 158 valence electrons. The van der Waals surface area contributed by atoms with Gasteiger partial charge in [-0.1, -0.05) is 22.0 Å². The lowest BCUT2D eigenvalue weighted by atomic mass is 10.2. The van der Waals surface area contributed by atoms with Gasteiger partial charge in [0.25, 0.3) is 0 Å². The maximum absolute atomic E-state index is 12.4. The quantitative estimate of drug-likeness (QED) is 0.347. The number of carboxylic acid groups (broad SMARTS) is 1. The Labute approximate surface area is 183 Å². The van der Waals surface area contributed by atoms with Crippen molar-refractivity contribution in [1.29, 1.82) is 0 Å². The molecule has 1 aromatic heterocycles. The number of aromatic carboxylic acids is 1. The Kier molecular flexibility index (Phi) is 6.93. The van der Waals surface area contributed by atoms with E-state index in [1.54, 1.807) is 24.3 Å². The van der Waals surface area contributed by atoms with Crippen molar-refractivity contribution in [3.05, 3.63) is 74.6 Å². The van der Waals surface area contributed by atoms with Gasteiger partial charge in [0.1, 0.15) is 11.8 Å². The molecule has 0 fully saturated rings. The first kappa shape index (κ1) is 21.9. The van der Waals surface area contributed by atoms with Crippen LogP contribution in [0.3, 0.4) is 0 Å². The van der Waals surface area contributed by atoms with Crippen molar-refractivity contribution in [1.82, 2.24) is 5.43 Å². The predicted octanol–water partition coefficient (Wildman–Crippen LogP) is 3.12. The molecule has 0 aliphatic heterocycles. The minimum atomic E-state index is -1.11. The van der Waals surface area contributed by atoms with Gasteiger partial charge >= 0.3 is 5.97 Å². The van der Waals surface area contributed by atoms with Crippen LogP contribution in [0.1, 0.15) is 28.8 Å². The first-order chi connectivity index (χ1) is 14.8. The van der Waals surface area contributed by atoms with Crippen LogP contribution in [-0.4, -0.2) is 29.1 Å². The molecular weight excluding hydrogens is 470 g/mol. The number of benzene rings is 2. The van der Waals surface area contributed by atoms with E-state index >= 15 is 0 Å². The van der Waals surface area contributed by atoms with E-state index < -0.39 is 17.8 Å². The smallest absolute Gasteiger partial charge is 0.335 e. The Balaban J connectivity index is 1.53. The molecule has 0 saturated heterocycles. The summed E-state index contributed by atoms with van der Waals surface area (Å²) in [6.07, 6.45) is 2.13. The van der Waals surface area contributed by atoms with Gasteiger partial charge in [-0.15, -0.1) is 0 Å². The van der Waals surface area contributed by atoms with Gasteiger partial charge in [0, 0.05) is 23.0 Å². The Bertz CT molecular complexity index is 1250. The maximum Gasteiger partial charge on any atom is 0.335 e. The van der Waals surface area contributed by atoms with E-state index in [1.165, 1.54) is 30.7 Å². The van der Waals surface area contributed by atoms with E-state index in [2.05, 4.69) is 31.8 Å². The zero-order valence-electron chi connectivity index (χ0n) is 15.9. The van der Waals surface area contributed by atoms with Crippen LogP contribution in [0.2, 0.25) is 0 Å². The lowest BCUT2D eigenvalue weighted by Crippen LogP contribution is -2.21. The minimum absolute atomic E-state index is 0.0374. The fourth-order valence-electron chi connectivity index (χ4n) is 2.62. The molecular formula is C21H16BrN3O6. The number of hydrogen-bond acceptors (Lipinski definition) is 6. The fraction of sp³-hybridized carbons (Fsp3) is 0.0952. The monoisotopic (exact) mass is 485 g/mol. The molecule has 31 heavy (non-hydrogen) atoms. The van der Waals surface area contributed by atoms with Crippen LogP contribution in [0.4, 0.5) is 5.69 Å². The summed E-state index contributed by atoms with van der Waals surface area (Å²) >= 11 is 3.29. The summed E-state index contributed by atoms with van der Waals surface area (Å²) in [6.45, 7) is 0. The van der Waals surface area contributed by atoms with Crippen LogP contribution in [-0.2, 0) is 9.59 Å². The first-order valence-corrected chi connectivity index (χ1v) is 9.79. The average molecular weight is 486 g/mol. The molecule has 3 rings (SSSR count). The highest BCUT2D eigenvalue weighted by atomic mass is 79.9. The normalized spacial score (nSPS) is 10.9. The van der Waals surface area contributed by atoms with E-state index in [-0.39, 0.29) is 29.4 Å². The fourth-order valence-corrected chi connectivity index (χ4v) is 2.98. The highest BCUT2D eigenvalue weighted by molar-refractivity contribution is 9.10. The highest BCUT2D eigenvalue weighted by Crippen LogP contribution is 2.17. The third kappa shape index (κ3) is 5.86. The molecule has 0 bridgehead atoms. The summed E-state index contributed by atoms with van der Waals surface area (Å²) in [5, 5.41) is 15.6. The number of amides is 2. The molecule has 2 aromatic carbocycles. The zero-order chi connectivity index (χ0) is 22.4. The van der Waals surface area contributed by atoms with Crippen LogP contribution in [0.5, 0.6) is 0 Å². The molecule has 0 aliphatic rings. The highest BCUT2D eigenvalue weighted by Gasteiger charge is 2.09.